The first-order chi connectivity index (χ1) is 10.1. The van der Waals surface area contributed by atoms with Crippen LogP contribution >= 0.6 is 27.5 Å². The van der Waals surface area contributed by atoms with E-state index in [2.05, 4.69) is 21.0 Å². The molecular weight excluding hydrogens is 354 g/mol. The molecule has 0 aliphatic carbocycles. The summed E-state index contributed by atoms with van der Waals surface area (Å²) in [4.78, 5) is 0. The van der Waals surface area contributed by atoms with Crippen molar-refractivity contribution in [2.45, 2.75) is 33.4 Å². The van der Waals surface area contributed by atoms with E-state index < -0.39 is 0 Å². The maximum absolute atomic E-state index is 6.28. The SMILES string of the molecule is CCn1nc(C)c(Cl)c1COc1ccc(CCN)cc1Br. The molecule has 114 valence electrons. The molecule has 2 rings (SSSR count). The Bertz CT molecular complexity index is 628. The molecule has 1 aromatic carbocycles. The van der Waals surface area contributed by atoms with E-state index in [1.54, 1.807) is 0 Å². The highest BCUT2D eigenvalue weighted by Gasteiger charge is 2.13. The van der Waals surface area contributed by atoms with Crippen molar-refractivity contribution in [1.29, 1.82) is 0 Å². The van der Waals surface area contributed by atoms with Crippen LogP contribution < -0.4 is 10.5 Å². The molecule has 0 aliphatic rings. The second kappa shape index (κ2) is 7.29. The van der Waals surface area contributed by atoms with Crippen molar-refractivity contribution in [1.82, 2.24) is 9.78 Å². The summed E-state index contributed by atoms with van der Waals surface area (Å²) in [7, 11) is 0. The molecule has 0 radical (unpaired) electrons. The van der Waals surface area contributed by atoms with Gasteiger partial charge in [0.1, 0.15) is 12.4 Å². The largest absolute Gasteiger partial charge is 0.486 e. The third-order valence-corrected chi connectivity index (χ3v) is 4.36. The standard InChI is InChI=1S/C15H19BrClN3O/c1-3-20-13(15(17)10(2)19-20)9-21-14-5-4-11(6-7-18)8-12(14)16/h4-5,8H,3,6-7,9,18H2,1-2H3. The molecular formula is C15H19BrClN3O. The Kier molecular flexibility index (Phi) is 5.67. The van der Waals surface area contributed by atoms with Gasteiger partial charge in [-0.1, -0.05) is 17.7 Å². The highest BCUT2D eigenvalue weighted by molar-refractivity contribution is 9.10. The zero-order chi connectivity index (χ0) is 15.4. The highest BCUT2D eigenvalue weighted by atomic mass is 79.9. The number of rotatable bonds is 6. The van der Waals surface area contributed by atoms with Crippen LogP contribution in [0.25, 0.3) is 0 Å². The fourth-order valence-corrected chi connectivity index (χ4v) is 2.87. The number of aryl methyl sites for hydroxylation is 2. The predicted molar refractivity (Wildman–Crippen MR) is 88.9 cm³/mol. The van der Waals surface area contributed by atoms with Crippen molar-refractivity contribution < 1.29 is 4.74 Å². The molecule has 6 heteroatoms. The molecule has 1 heterocycles. The van der Waals surface area contributed by atoms with Crippen LogP contribution in [0.15, 0.2) is 22.7 Å². The van der Waals surface area contributed by atoms with Gasteiger partial charge in [0.05, 0.1) is 20.9 Å². The van der Waals surface area contributed by atoms with Gasteiger partial charge in [-0.15, -0.1) is 0 Å². The lowest BCUT2D eigenvalue weighted by Gasteiger charge is -2.11. The minimum atomic E-state index is 0.391. The molecule has 2 N–H and O–H groups in total. The number of ether oxygens (including phenoxy) is 1. The second-order valence-electron chi connectivity index (χ2n) is 4.75. The lowest BCUT2D eigenvalue weighted by molar-refractivity contribution is 0.290. The first-order valence-corrected chi connectivity index (χ1v) is 8.07. The van der Waals surface area contributed by atoms with Gasteiger partial charge < -0.3 is 10.5 Å². The lowest BCUT2D eigenvalue weighted by Crippen LogP contribution is -2.07. The summed E-state index contributed by atoms with van der Waals surface area (Å²) >= 11 is 9.81. The number of hydrogen-bond donors (Lipinski definition) is 1. The van der Waals surface area contributed by atoms with Crippen molar-refractivity contribution in [3.63, 3.8) is 0 Å². The van der Waals surface area contributed by atoms with Crippen LogP contribution in [0.5, 0.6) is 5.75 Å². The zero-order valence-electron chi connectivity index (χ0n) is 12.2. The Morgan fingerprint density at radius 2 is 2.19 bits per heavy atom. The Hall–Kier alpha value is -1.04. The van der Waals surface area contributed by atoms with E-state index >= 15 is 0 Å². The van der Waals surface area contributed by atoms with E-state index in [4.69, 9.17) is 22.1 Å². The van der Waals surface area contributed by atoms with Crippen LogP contribution in [0, 0.1) is 6.92 Å². The summed E-state index contributed by atoms with van der Waals surface area (Å²) < 4.78 is 8.66. The third-order valence-electron chi connectivity index (χ3n) is 3.25. The monoisotopic (exact) mass is 371 g/mol. The van der Waals surface area contributed by atoms with Crippen LogP contribution in [0.1, 0.15) is 23.9 Å². The Balaban J connectivity index is 2.13. The van der Waals surface area contributed by atoms with Gasteiger partial charge in [0.25, 0.3) is 0 Å². The Morgan fingerprint density at radius 3 is 2.81 bits per heavy atom. The average Bonchev–Trinajstić information content (AvgIpc) is 2.74. The number of aromatic nitrogens is 2. The van der Waals surface area contributed by atoms with Gasteiger partial charge in [0, 0.05) is 6.54 Å². The van der Waals surface area contributed by atoms with Gasteiger partial charge in [-0.25, -0.2) is 0 Å². The summed E-state index contributed by atoms with van der Waals surface area (Å²) in [5.74, 6) is 0.786. The van der Waals surface area contributed by atoms with E-state index in [0.29, 0.717) is 18.2 Å². The van der Waals surface area contributed by atoms with Gasteiger partial charge in [-0.2, -0.15) is 5.10 Å². The number of benzene rings is 1. The maximum atomic E-state index is 6.28. The molecule has 0 amide bonds. The van der Waals surface area contributed by atoms with Gasteiger partial charge in [-0.3, -0.25) is 4.68 Å². The molecule has 2 aromatic rings. The van der Waals surface area contributed by atoms with Crippen LogP contribution in [0.4, 0.5) is 0 Å². The lowest BCUT2D eigenvalue weighted by atomic mass is 10.1. The summed E-state index contributed by atoms with van der Waals surface area (Å²) in [5, 5.41) is 5.05. The highest BCUT2D eigenvalue weighted by Crippen LogP contribution is 2.28. The van der Waals surface area contributed by atoms with Gasteiger partial charge in [-0.05, 0) is 60.4 Å². The van der Waals surface area contributed by atoms with Crippen LogP contribution in [0.2, 0.25) is 5.02 Å². The summed E-state index contributed by atoms with van der Waals surface area (Å²) in [6.07, 6.45) is 0.854. The molecule has 21 heavy (non-hydrogen) atoms. The molecule has 4 nitrogen and oxygen atoms in total. The first kappa shape index (κ1) is 16.3. The van der Waals surface area contributed by atoms with Crippen LogP contribution in [-0.4, -0.2) is 16.3 Å². The maximum Gasteiger partial charge on any atom is 0.134 e. The summed E-state index contributed by atoms with van der Waals surface area (Å²) in [5.41, 5.74) is 8.47. The predicted octanol–water partition coefficient (Wildman–Crippen LogP) is 3.71. The number of halogens is 2. The second-order valence-corrected chi connectivity index (χ2v) is 5.99. The van der Waals surface area contributed by atoms with E-state index in [1.165, 1.54) is 5.56 Å². The zero-order valence-corrected chi connectivity index (χ0v) is 14.5. The molecule has 0 saturated heterocycles. The summed E-state index contributed by atoms with van der Waals surface area (Å²) in [6.45, 7) is 5.72. The van der Waals surface area contributed by atoms with Crippen LogP contribution in [0.3, 0.4) is 0 Å². The number of hydrogen-bond acceptors (Lipinski definition) is 3. The Labute approximate surface area is 138 Å². The molecule has 0 fully saturated rings. The van der Waals surface area contributed by atoms with Crippen molar-refractivity contribution in [2.75, 3.05) is 6.54 Å². The average molecular weight is 373 g/mol. The van der Waals surface area contributed by atoms with E-state index in [-0.39, 0.29) is 0 Å². The first-order valence-electron chi connectivity index (χ1n) is 6.89. The molecule has 0 spiro atoms. The van der Waals surface area contributed by atoms with Gasteiger partial charge in [0.2, 0.25) is 0 Å². The van der Waals surface area contributed by atoms with Crippen molar-refractivity contribution in [3.8, 4) is 5.75 Å². The van der Waals surface area contributed by atoms with Crippen LogP contribution in [-0.2, 0) is 19.6 Å². The molecule has 0 atom stereocenters. The Morgan fingerprint density at radius 1 is 1.43 bits per heavy atom. The molecule has 0 bridgehead atoms. The van der Waals surface area contributed by atoms with E-state index in [1.807, 2.05) is 36.7 Å². The smallest absolute Gasteiger partial charge is 0.134 e. The molecule has 1 aromatic heterocycles. The van der Waals surface area contributed by atoms with Gasteiger partial charge >= 0.3 is 0 Å². The number of nitrogens with two attached hydrogens (primary N) is 1. The quantitative estimate of drug-likeness (QED) is 0.841. The minimum absolute atomic E-state index is 0.391. The minimum Gasteiger partial charge on any atom is -0.486 e. The summed E-state index contributed by atoms with van der Waals surface area (Å²) in [6, 6.07) is 6.01. The van der Waals surface area contributed by atoms with Crippen molar-refractivity contribution in [3.05, 3.63) is 44.6 Å². The topological polar surface area (TPSA) is 53.1 Å². The third kappa shape index (κ3) is 3.78. The van der Waals surface area contributed by atoms with Crippen molar-refractivity contribution in [2.24, 2.45) is 5.73 Å². The van der Waals surface area contributed by atoms with E-state index in [0.717, 1.165) is 34.6 Å². The fourth-order valence-electron chi connectivity index (χ4n) is 2.14. The molecule has 0 unspecified atom stereocenters. The number of nitrogens with zero attached hydrogens (tertiary/aromatic N) is 2. The normalized spacial score (nSPS) is 10.9. The fraction of sp³-hybridized carbons (Fsp3) is 0.400. The molecule has 0 aliphatic heterocycles. The van der Waals surface area contributed by atoms with E-state index in [9.17, 15) is 0 Å². The molecule has 0 saturated carbocycles. The van der Waals surface area contributed by atoms with Crippen molar-refractivity contribution >= 4 is 27.5 Å². The van der Waals surface area contributed by atoms with Gasteiger partial charge in [0.15, 0.2) is 0 Å².